The van der Waals surface area contributed by atoms with E-state index in [1.54, 1.807) is 55.5 Å². The Bertz CT molecular complexity index is 1390. The van der Waals surface area contributed by atoms with Gasteiger partial charge in [0.05, 0.1) is 28.6 Å². The van der Waals surface area contributed by atoms with Crippen LogP contribution < -0.4 is 15.5 Å². The second-order valence-corrected chi connectivity index (χ2v) is 8.32. The van der Waals surface area contributed by atoms with Crippen LogP contribution in [0.4, 0.5) is 17.1 Å². The maximum Gasteiger partial charge on any atom is 0.338 e. The summed E-state index contributed by atoms with van der Waals surface area (Å²) >= 11 is 12.3. The van der Waals surface area contributed by atoms with Crippen LogP contribution in [0.25, 0.3) is 0 Å². The van der Waals surface area contributed by atoms with Crippen molar-refractivity contribution < 1.29 is 23.9 Å². The van der Waals surface area contributed by atoms with Gasteiger partial charge in [0.25, 0.3) is 17.7 Å². The first-order valence-corrected chi connectivity index (χ1v) is 11.5. The Morgan fingerprint density at radius 3 is 2.14 bits per heavy atom. The fourth-order valence-corrected chi connectivity index (χ4v) is 3.81. The van der Waals surface area contributed by atoms with Crippen LogP contribution in [0.3, 0.4) is 0 Å². The number of para-hydroxylation sites is 1. The molecule has 3 aromatic rings. The smallest absolute Gasteiger partial charge is 0.338 e. The van der Waals surface area contributed by atoms with Gasteiger partial charge in [0.15, 0.2) is 0 Å². The number of amides is 3. The number of carbonyl (C=O) groups is 4. The van der Waals surface area contributed by atoms with E-state index in [4.69, 9.17) is 27.9 Å². The van der Waals surface area contributed by atoms with Gasteiger partial charge in [0.2, 0.25) is 0 Å². The first-order chi connectivity index (χ1) is 17.3. The quantitative estimate of drug-likeness (QED) is 0.325. The second kappa shape index (κ2) is 10.6. The Kier molecular flexibility index (Phi) is 7.38. The fraction of sp³-hybridized carbons (Fsp3) is 0.0769. The molecule has 0 spiro atoms. The van der Waals surface area contributed by atoms with E-state index in [1.807, 2.05) is 0 Å². The molecule has 0 aromatic heterocycles. The minimum Gasteiger partial charge on any atom is -0.462 e. The predicted molar refractivity (Wildman–Crippen MR) is 137 cm³/mol. The fourth-order valence-electron chi connectivity index (χ4n) is 3.41. The molecular weight excluding hydrogens is 505 g/mol. The zero-order valence-electron chi connectivity index (χ0n) is 18.9. The van der Waals surface area contributed by atoms with E-state index < -0.39 is 17.8 Å². The third kappa shape index (κ3) is 5.10. The molecular formula is C26H19Cl2N3O5. The summed E-state index contributed by atoms with van der Waals surface area (Å²) in [5.41, 5.74) is 1.71. The average Bonchev–Trinajstić information content (AvgIpc) is 3.09. The monoisotopic (exact) mass is 523 g/mol. The number of ether oxygens (including phenoxy) is 1. The van der Waals surface area contributed by atoms with Crippen molar-refractivity contribution in [3.63, 3.8) is 0 Å². The Balaban J connectivity index is 1.46. The second-order valence-electron chi connectivity index (χ2n) is 7.54. The van der Waals surface area contributed by atoms with Crippen molar-refractivity contribution in [1.82, 2.24) is 0 Å². The topological polar surface area (TPSA) is 105 Å². The zero-order chi connectivity index (χ0) is 25.8. The van der Waals surface area contributed by atoms with E-state index in [1.165, 1.54) is 24.3 Å². The SMILES string of the molecule is CCOC(=O)c1ccc(N2C(=O)C(Cl)=C(Nc3ccc(C(=O)Nc4ccccc4Cl)cc3)C2=O)cc1. The summed E-state index contributed by atoms with van der Waals surface area (Å²) < 4.78 is 4.94. The summed E-state index contributed by atoms with van der Waals surface area (Å²) in [6, 6.07) is 19.0. The van der Waals surface area contributed by atoms with Crippen LogP contribution in [0, 0.1) is 0 Å². The molecule has 36 heavy (non-hydrogen) atoms. The largest absolute Gasteiger partial charge is 0.462 e. The lowest BCUT2D eigenvalue weighted by atomic mass is 10.2. The van der Waals surface area contributed by atoms with Crippen molar-refractivity contribution in [2.24, 2.45) is 0 Å². The Labute approximate surface area is 216 Å². The molecule has 0 radical (unpaired) electrons. The van der Waals surface area contributed by atoms with E-state index in [9.17, 15) is 19.2 Å². The van der Waals surface area contributed by atoms with Crippen molar-refractivity contribution in [3.05, 3.63) is 99.7 Å². The highest BCUT2D eigenvalue weighted by atomic mass is 35.5. The molecule has 0 aliphatic carbocycles. The van der Waals surface area contributed by atoms with Gasteiger partial charge in [-0.05, 0) is 67.6 Å². The summed E-state index contributed by atoms with van der Waals surface area (Å²) in [5.74, 6) is -2.24. The van der Waals surface area contributed by atoms with Gasteiger partial charge < -0.3 is 15.4 Å². The molecule has 10 heteroatoms. The van der Waals surface area contributed by atoms with Crippen molar-refractivity contribution in [1.29, 1.82) is 0 Å². The average molecular weight is 524 g/mol. The van der Waals surface area contributed by atoms with E-state index in [2.05, 4.69) is 10.6 Å². The molecule has 8 nitrogen and oxygen atoms in total. The van der Waals surface area contributed by atoms with Gasteiger partial charge in [-0.1, -0.05) is 35.3 Å². The number of hydrogen-bond donors (Lipinski definition) is 2. The number of rotatable bonds is 7. The number of nitrogens with one attached hydrogen (secondary N) is 2. The van der Waals surface area contributed by atoms with Crippen LogP contribution in [0.15, 0.2) is 83.5 Å². The standard InChI is InChI=1S/C26H19Cl2N3O5/c1-2-36-26(35)16-9-13-18(14-10-16)31-24(33)21(28)22(25(31)34)29-17-11-7-15(8-12-17)23(32)30-20-6-4-3-5-19(20)27/h3-14,29H,2H2,1H3,(H,30,32). The molecule has 182 valence electrons. The van der Waals surface area contributed by atoms with Gasteiger partial charge in [-0.25, -0.2) is 9.69 Å². The van der Waals surface area contributed by atoms with Crippen LogP contribution >= 0.6 is 23.2 Å². The van der Waals surface area contributed by atoms with Crippen molar-refractivity contribution in [3.8, 4) is 0 Å². The summed E-state index contributed by atoms with van der Waals surface area (Å²) in [4.78, 5) is 51.0. The first-order valence-electron chi connectivity index (χ1n) is 10.8. The maximum absolute atomic E-state index is 13.0. The Morgan fingerprint density at radius 1 is 0.861 bits per heavy atom. The van der Waals surface area contributed by atoms with Gasteiger partial charge in [-0.15, -0.1) is 0 Å². The highest BCUT2D eigenvalue weighted by molar-refractivity contribution is 6.53. The number of anilines is 3. The number of benzene rings is 3. The van der Waals surface area contributed by atoms with E-state index >= 15 is 0 Å². The maximum atomic E-state index is 13.0. The molecule has 2 N–H and O–H groups in total. The highest BCUT2D eigenvalue weighted by Gasteiger charge is 2.39. The summed E-state index contributed by atoms with van der Waals surface area (Å²) in [6.07, 6.45) is 0. The molecule has 0 bridgehead atoms. The third-order valence-electron chi connectivity index (χ3n) is 5.20. The lowest BCUT2D eigenvalue weighted by Gasteiger charge is -2.15. The molecule has 0 atom stereocenters. The normalized spacial score (nSPS) is 13.1. The Hall–Kier alpha value is -4.14. The van der Waals surface area contributed by atoms with Crippen LogP contribution in [-0.4, -0.2) is 30.3 Å². The number of hydrogen-bond acceptors (Lipinski definition) is 6. The van der Waals surface area contributed by atoms with Crippen LogP contribution in [0.5, 0.6) is 0 Å². The summed E-state index contributed by atoms with van der Waals surface area (Å²) in [5, 5.41) is 5.71. The summed E-state index contributed by atoms with van der Waals surface area (Å²) in [6.45, 7) is 1.92. The first kappa shape index (κ1) is 25.0. The van der Waals surface area contributed by atoms with Crippen molar-refractivity contribution in [2.45, 2.75) is 6.92 Å². The van der Waals surface area contributed by atoms with Crippen molar-refractivity contribution in [2.75, 3.05) is 22.1 Å². The predicted octanol–water partition coefficient (Wildman–Crippen LogP) is 5.20. The molecule has 3 aromatic carbocycles. The molecule has 1 heterocycles. The third-order valence-corrected chi connectivity index (χ3v) is 5.88. The lowest BCUT2D eigenvalue weighted by molar-refractivity contribution is -0.120. The minimum atomic E-state index is -0.705. The molecule has 1 aliphatic rings. The number of halogens is 2. The minimum absolute atomic E-state index is 0.107. The van der Waals surface area contributed by atoms with Crippen molar-refractivity contribution >= 4 is 64.0 Å². The highest BCUT2D eigenvalue weighted by Crippen LogP contribution is 2.30. The van der Waals surface area contributed by atoms with Crippen LogP contribution in [0.2, 0.25) is 5.02 Å². The number of carbonyl (C=O) groups excluding carboxylic acids is 4. The van der Waals surface area contributed by atoms with Gasteiger partial charge in [-0.3, -0.25) is 14.4 Å². The zero-order valence-corrected chi connectivity index (χ0v) is 20.4. The number of esters is 1. The van der Waals surface area contributed by atoms with E-state index in [-0.39, 0.29) is 34.5 Å². The molecule has 0 unspecified atom stereocenters. The molecule has 1 aliphatic heterocycles. The van der Waals surface area contributed by atoms with Gasteiger partial charge >= 0.3 is 5.97 Å². The summed E-state index contributed by atoms with van der Waals surface area (Å²) in [7, 11) is 0. The van der Waals surface area contributed by atoms with Gasteiger partial charge in [-0.2, -0.15) is 0 Å². The molecule has 3 amide bonds. The van der Waals surface area contributed by atoms with Crippen LogP contribution in [-0.2, 0) is 14.3 Å². The molecule has 0 fully saturated rings. The van der Waals surface area contributed by atoms with E-state index in [0.717, 1.165) is 4.90 Å². The molecule has 4 rings (SSSR count). The lowest BCUT2D eigenvalue weighted by Crippen LogP contribution is -2.32. The Morgan fingerprint density at radius 2 is 1.50 bits per heavy atom. The van der Waals surface area contributed by atoms with Gasteiger partial charge in [0.1, 0.15) is 10.7 Å². The molecule has 0 saturated heterocycles. The molecule has 0 saturated carbocycles. The number of imide groups is 1. The number of nitrogens with zero attached hydrogens (tertiary/aromatic N) is 1. The van der Waals surface area contributed by atoms with Gasteiger partial charge in [0, 0.05) is 11.3 Å². The van der Waals surface area contributed by atoms with Crippen LogP contribution in [0.1, 0.15) is 27.6 Å². The van der Waals surface area contributed by atoms with E-state index in [0.29, 0.717) is 22.0 Å².